The molecule has 2 heterocycles. The summed E-state index contributed by atoms with van der Waals surface area (Å²) in [5, 5.41) is 4.38. The molecule has 0 atom stereocenters. The summed E-state index contributed by atoms with van der Waals surface area (Å²) >= 11 is 0. The van der Waals surface area contributed by atoms with Crippen molar-refractivity contribution in [1.82, 2.24) is 14.2 Å². The van der Waals surface area contributed by atoms with Crippen LogP contribution in [0.15, 0.2) is 17.1 Å². The number of esters is 1. The van der Waals surface area contributed by atoms with E-state index in [1.165, 1.54) is 4.52 Å². The number of aryl methyl sites for hydroxylation is 1. The normalized spacial score (nSPS) is 14.7. The van der Waals surface area contributed by atoms with Gasteiger partial charge in [0.1, 0.15) is 5.65 Å². The van der Waals surface area contributed by atoms with Crippen molar-refractivity contribution in [3.8, 4) is 0 Å². The highest BCUT2D eigenvalue weighted by atomic mass is 16.5. The van der Waals surface area contributed by atoms with Gasteiger partial charge in [0.05, 0.1) is 18.7 Å². The smallest absolute Gasteiger partial charge is 0.310 e. The van der Waals surface area contributed by atoms with E-state index in [1.807, 2.05) is 17.7 Å². The highest BCUT2D eigenvalue weighted by molar-refractivity contribution is 5.72. The van der Waals surface area contributed by atoms with Gasteiger partial charge in [0.2, 0.25) is 0 Å². The Morgan fingerprint density at radius 2 is 2.25 bits per heavy atom. The van der Waals surface area contributed by atoms with Crippen LogP contribution in [0.1, 0.15) is 36.9 Å². The highest BCUT2D eigenvalue weighted by Gasteiger charge is 2.27. The van der Waals surface area contributed by atoms with Crippen LogP contribution in [0.25, 0.3) is 5.65 Å². The molecule has 2 aromatic heterocycles. The van der Waals surface area contributed by atoms with E-state index < -0.39 is 5.97 Å². The Hall–Kier alpha value is -2.11. The molecule has 106 valence electrons. The van der Waals surface area contributed by atoms with Gasteiger partial charge in [-0.2, -0.15) is 9.61 Å². The third-order valence-electron chi connectivity index (χ3n) is 3.52. The predicted molar refractivity (Wildman–Crippen MR) is 72.7 cm³/mol. The lowest BCUT2D eigenvalue weighted by molar-refractivity contribution is -0.142. The van der Waals surface area contributed by atoms with Gasteiger partial charge in [-0.1, -0.05) is 0 Å². The Bertz CT molecular complexity index is 725. The molecule has 0 radical (unpaired) electrons. The molecule has 3 rings (SSSR count). The van der Waals surface area contributed by atoms with Crippen LogP contribution in [-0.4, -0.2) is 26.8 Å². The number of nitrogens with zero attached hydrogens (tertiary/aromatic N) is 3. The van der Waals surface area contributed by atoms with E-state index in [0.29, 0.717) is 18.1 Å². The fourth-order valence-electron chi connectivity index (χ4n) is 2.35. The van der Waals surface area contributed by atoms with Crippen LogP contribution in [0.3, 0.4) is 0 Å². The number of rotatable bonds is 4. The first kappa shape index (κ1) is 12.9. The molecule has 0 saturated heterocycles. The molecule has 20 heavy (non-hydrogen) atoms. The van der Waals surface area contributed by atoms with Gasteiger partial charge in [-0.05, 0) is 19.8 Å². The van der Waals surface area contributed by atoms with Gasteiger partial charge in [0, 0.05) is 30.8 Å². The van der Waals surface area contributed by atoms with Gasteiger partial charge in [-0.3, -0.25) is 9.59 Å². The average Bonchev–Trinajstić information content (AvgIpc) is 3.15. The fraction of sp³-hybridized carbons (Fsp3) is 0.500. The third-order valence-corrected chi connectivity index (χ3v) is 3.52. The predicted octanol–water partition coefficient (Wildman–Crippen LogP) is 1.02. The Morgan fingerprint density at radius 1 is 1.50 bits per heavy atom. The van der Waals surface area contributed by atoms with E-state index in [0.717, 1.165) is 24.2 Å². The molecule has 6 heteroatoms. The van der Waals surface area contributed by atoms with Gasteiger partial charge in [0.25, 0.3) is 5.56 Å². The maximum Gasteiger partial charge on any atom is 0.310 e. The van der Waals surface area contributed by atoms with E-state index in [-0.39, 0.29) is 12.0 Å². The molecule has 0 amide bonds. The number of aromatic nitrogens is 3. The first-order valence-corrected chi connectivity index (χ1v) is 6.84. The monoisotopic (exact) mass is 275 g/mol. The van der Waals surface area contributed by atoms with Crippen LogP contribution >= 0.6 is 0 Å². The van der Waals surface area contributed by atoms with Crippen LogP contribution in [0, 0.1) is 0 Å². The molecular weight excluding hydrogens is 258 g/mol. The largest absolute Gasteiger partial charge is 0.466 e. The molecule has 0 spiro atoms. The second kappa shape index (κ2) is 4.77. The Morgan fingerprint density at radius 3 is 2.90 bits per heavy atom. The van der Waals surface area contributed by atoms with E-state index in [2.05, 4.69) is 5.10 Å². The quantitative estimate of drug-likeness (QED) is 0.781. The minimum Gasteiger partial charge on any atom is -0.466 e. The first-order valence-electron chi connectivity index (χ1n) is 6.84. The molecule has 0 bridgehead atoms. The maximum atomic E-state index is 12.4. The number of hydrogen-bond donors (Lipinski definition) is 0. The topological polar surface area (TPSA) is 65.6 Å². The summed E-state index contributed by atoms with van der Waals surface area (Å²) in [6.07, 6.45) is 3.94. The summed E-state index contributed by atoms with van der Waals surface area (Å²) in [6.45, 7) is 2.06. The second-order valence-corrected chi connectivity index (χ2v) is 5.17. The molecule has 0 aliphatic heterocycles. The zero-order chi connectivity index (χ0) is 14.3. The van der Waals surface area contributed by atoms with Crippen LogP contribution < -0.4 is 5.56 Å². The minimum absolute atomic E-state index is 0.0188. The van der Waals surface area contributed by atoms with Crippen LogP contribution in [0.2, 0.25) is 0 Å². The molecule has 0 aromatic carbocycles. The Kier molecular flexibility index (Phi) is 3.08. The van der Waals surface area contributed by atoms with Crippen molar-refractivity contribution in [1.29, 1.82) is 0 Å². The van der Waals surface area contributed by atoms with E-state index in [1.54, 1.807) is 13.1 Å². The van der Waals surface area contributed by atoms with Crippen molar-refractivity contribution in [2.24, 2.45) is 7.05 Å². The van der Waals surface area contributed by atoms with Crippen molar-refractivity contribution in [3.05, 3.63) is 33.9 Å². The molecule has 6 nitrogen and oxygen atoms in total. The van der Waals surface area contributed by atoms with Gasteiger partial charge in [-0.15, -0.1) is 0 Å². The number of carbonyl (C=O) groups is 1. The Balaban J connectivity index is 2.03. The molecule has 0 unspecified atom stereocenters. The van der Waals surface area contributed by atoms with Gasteiger partial charge >= 0.3 is 5.97 Å². The first-order chi connectivity index (χ1) is 9.60. The van der Waals surface area contributed by atoms with Crippen molar-refractivity contribution < 1.29 is 9.53 Å². The van der Waals surface area contributed by atoms with E-state index >= 15 is 0 Å². The summed E-state index contributed by atoms with van der Waals surface area (Å²) in [7, 11) is 1.85. The summed E-state index contributed by atoms with van der Waals surface area (Å²) in [5.74, 6) is 0.0985. The molecule has 2 aromatic rings. The minimum atomic E-state index is -0.390. The van der Waals surface area contributed by atoms with E-state index in [9.17, 15) is 9.59 Å². The molecule has 1 saturated carbocycles. The number of hydrogen-bond acceptors (Lipinski definition) is 4. The molecule has 0 N–H and O–H groups in total. The average molecular weight is 275 g/mol. The zero-order valence-corrected chi connectivity index (χ0v) is 11.6. The van der Waals surface area contributed by atoms with Crippen LogP contribution in [0.4, 0.5) is 0 Å². The van der Waals surface area contributed by atoms with Crippen molar-refractivity contribution in [2.45, 2.75) is 32.1 Å². The van der Waals surface area contributed by atoms with Gasteiger partial charge in [-0.25, -0.2) is 0 Å². The second-order valence-electron chi connectivity index (χ2n) is 5.17. The van der Waals surface area contributed by atoms with Gasteiger partial charge in [0.15, 0.2) is 0 Å². The number of ether oxygens (including phenoxy) is 1. The summed E-state index contributed by atoms with van der Waals surface area (Å²) < 4.78 is 8.11. The van der Waals surface area contributed by atoms with Crippen molar-refractivity contribution in [3.63, 3.8) is 0 Å². The highest BCUT2D eigenvalue weighted by Crippen LogP contribution is 2.39. The summed E-state index contributed by atoms with van der Waals surface area (Å²) in [6, 6.07) is 1.95. The maximum absolute atomic E-state index is 12.4. The zero-order valence-electron chi connectivity index (χ0n) is 11.6. The summed E-state index contributed by atoms with van der Waals surface area (Å²) in [5.41, 5.74) is 1.89. The molecule has 1 aliphatic carbocycles. The van der Waals surface area contributed by atoms with Crippen molar-refractivity contribution in [2.75, 3.05) is 6.61 Å². The lowest BCUT2D eigenvalue weighted by Gasteiger charge is -2.06. The molecule has 1 fully saturated rings. The number of carbonyl (C=O) groups excluding carboxylic acids is 1. The Labute approximate surface area is 116 Å². The molecular formula is C14H17N3O3. The lowest BCUT2D eigenvalue weighted by atomic mass is 10.2. The van der Waals surface area contributed by atoms with Crippen LogP contribution in [-0.2, 0) is 23.0 Å². The SMILES string of the molecule is CCOC(=O)Cc1cn(C)c2cc(C3CC3)nn2c1=O. The van der Waals surface area contributed by atoms with Crippen LogP contribution in [0.5, 0.6) is 0 Å². The fourth-order valence-corrected chi connectivity index (χ4v) is 2.35. The van der Waals surface area contributed by atoms with Gasteiger partial charge < -0.3 is 9.30 Å². The van der Waals surface area contributed by atoms with E-state index in [4.69, 9.17) is 4.74 Å². The summed E-state index contributed by atoms with van der Waals surface area (Å²) in [4.78, 5) is 23.9. The third kappa shape index (κ3) is 2.21. The van der Waals surface area contributed by atoms with Crippen molar-refractivity contribution >= 4 is 11.6 Å². The standard InChI is InChI=1S/C14H17N3O3/c1-3-20-13(18)6-10-8-16(2)12-7-11(9-4-5-9)15-17(12)14(10)19/h7-9H,3-6H2,1-2H3. The lowest BCUT2D eigenvalue weighted by Crippen LogP contribution is -2.24. The number of fused-ring (bicyclic) bond motifs is 1. The molecule has 1 aliphatic rings.